The second-order valence-electron chi connectivity index (χ2n) is 5.44. The number of hydrogen-bond acceptors (Lipinski definition) is 4. The van der Waals surface area contributed by atoms with Crippen LogP contribution in [0.3, 0.4) is 0 Å². The van der Waals surface area contributed by atoms with E-state index in [4.69, 9.17) is 16.3 Å². The number of methoxy groups -OCH3 is 1. The van der Waals surface area contributed by atoms with Crippen molar-refractivity contribution in [1.29, 1.82) is 0 Å². The van der Waals surface area contributed by atoms with Crippen LogP contribution in [0.25, 0.3) is 0 Å². The largest absolute Gasteiger partial charge is 0.493 e. The Hall–Kier alpha value is -2.87. The number of rotatable bonds is 7. The van der Waals surface area contributed by atoms with Gasteiger partial charge in [0.05, 0.1) is 7.11 Å². The maximum absolute atomic E-state index is 12.5. The third kappa shape index (κ3) is 5.82. The fourth-order valence-corrected chi connectivity index (χ4v) is 2.27. The van der Waals surface area contributed by atoms with Crippen molar-refractivity contribution < 1.29 is 27.8 Å². The fourth-order valence-electron chi connectivity index (χ4n) is 2.14. The normalized spacial score (nSPS) is 11.6. The Balaban J connectivity index is 2.03. The number of carbonyl (C=O) groups is 2. The number of amides is 2. The van der Waals surface area contributed by atoms with Gasteiger partial charge in [0.1, 0.15) is 6.04 Å². The minimum Gasteiger partial charge on any atom is -0.493 e. The van der Waals surface area contributed by atoms with Crippen molar-refractivity contribution in [2.45, 2.75) is 19.6 Å². The van der Waals surface area contributed by atoms with Gasteiger partial charge < -0.3 is 20.1 Å². The highest BCUT2D eigenvalue weighted by atomic mass is 35.5. The lowest BCUT2D eigenvalue weighted by molar-refractivity contribution is -0.117. The van der Waals surface area contributed by atoms with Crippen molar-refractivity contribution in [3.05, 3.63) is 53.1 Å². The predicted molar refractivity (Wildman–Crippen MR) is 96.6 cm³/mol. The van der Waals surface area contributed by atoms with E-state index < -0.39 is 24.5 Å². The first-order valence-electron chi connectivity index (χ1n) is 7.80. The van der Waals surface area contributed by atoms with Crippen LogP contribution in [-0.2, 0) is 4.79 Å². The molecule has 0 saturated heterocycles. The van der Waals surface area contributed by atoms with E-state index in [0.29, 0.717) is 10.6 Å². The minimum atomic E-state index is -3.04. The van der Waals surface area contributed by atoms with Crippen LogP contribution in [-0.4, -0.2) is 31.6 Å². The summed E-state index contributed by atoms with van der Waals surface area (Å²) in [7, 11) is 1.31. The molecule has 0 aromatic heterocycles. The average molecular weight is 399 g/mol. The molecule has 0 aliphatic heterocycles. The summed E-state index contributed by atoms with van der Waals surface area (Å²) in [6.45, 7) is -1.55. The maximum Gasteiger partial charge on any atom is 0.387 e. The molecule has 0 bridgehead atoms. The van der Waals surface area contributed by atoms with Crippen LogP contribution in [0, 0.1) is 0 Å². The molecule has 144 valence electrons. The molecule has 0 spiro atoms. The number of benzene rings is 2. The highest BCUT2D eigenvalue weighted by Crippen LogP contribution is 2.31. The lowest BCUT2D eigenvalue weighted by Gasteiger charge is -2.16. The first-order chi connectivity index (χ1) is 12.8. The van der Waals surface area contributed by atoms with Gasteiger partial charge in [-0.1, -0.05) is 11.6 Å². The van der Waals surface area contributed by atoms with Crippen LogP contribution in [0.5, 0.6) is 11.5 Å². The van der Waals surface area contributed by atoms with E-state index in [1.807, 2.05) is 0 Å². The Morgan fingerprint density at radius 2 is 1.74 bits per heavy atom. The Morgan fingerprint density at radius 3 is 2.33 bits per heavy atom. The molecule has 2 rings (SSSR count). The van der Waals surface area contributed by atoms with Gasteiger partial charge in [0, 0.05) is 22.3 Å². The van der Waals surface area contributed by atoms with Crippen molar-refractivity contribution in [2.75, 3.05) is 12.4 Å². The molecule has 6 nitrogen and oxygen atoms in total. The Bertz CT molecular complexity index is 816. The van der Waals surface area contributed by atoms with E-state index in [2.05, 4.69) is 15.4 Å². The number of carbonyl (C=O) groups excluding carboxylic acids is 2. The summed E-state index contributed by atoms with van der Waals surface area (Å²) in [5.41, 5.74) is 0.556. The number of nitrogens with one attached hydrogen (secondary N) is 2. The van der Waals surface area contributed by atoms with Crippen LogP contribution in [0.15, 0.2) is 42.5 Å². The molecule has 2 aromatic rings. The number of halogens is 3. The van der Waals surface area contributed by atoms with Crippen LogP contribution < -0.4 is 20.1 Å². The number of hydrogen-bond donors (Lipinski definition) is 2. The zero-order valence-corrected chi connectivity index (χ0v) is 15.2. The van der Waals surface area contributed by atoms with Crippen molar-refractivity contribution in [3.8, 4) is 11.5 Å². The molecular formula is C18H17ClF2N2O4. The number of alkyl halides is 2. The smallest absolute Gasteiger partial charge is 0.387 e. The molecule has 0 aliphatic carbocycles. The molecular weight excluding hydrogens is 382 g/mol. The summed E-state index contributed by atoms with van der Waals surface area (Å²) >= 11 is 5.77. The van der Waals surface area contributed by atoms with Gasteiger partial charge in [-0.15, -0.1) is 0 Å². The van der Waals surface area contributed by atoms with Gasteiger partial charge in [-0.2, -0.15) is 8.78 Å². The van der Waals surface area contributed by atoms with Gasteiger partial charge in [-0.25, -0.2) is 0 Å². The minimum absolute atomic E-state index is 0.0948. The van der Waals surface area contributed by atoms with Crippen LogP contribution in [0.2, 0.25) is 5.02 Å². The van der Waals surface area contributed by atoms with Gasteiger partial charge in [0.2, 0.25) is 5.91 Å². The zero-order valence-electron chi connectivity index (χ0n) is 14.5. The molecule has 0 saturated carbocycles. The average Bonchev–Trinajstić information content (AvgIpc) is 2.61. The standard InChI is InChI=1S/C18H17ClF2N2O4/c1-10(22-17(25)11-3-5-12(19)6-4-11)16(24)23-13-7-8-14(26-2)15(9-13)27-18(20)21/h3-10,18H,1-2H3,(H,22,25)(H,23,24). The maximum atomic E-state index is 12.5. The van der Waals surface area contributed by atoms with E-state index in [-0.39, 0.29) is 17.2 Å². The lowest BCUT2D eigenvalue weighted by atomic mass is 10.2. The SMILES string of the molecule is COc1ccc(NC(=O)C(C)NC(=O)c2ccc(Cl)cc2)cc1OC(F)F. The summed E-state index contributed by atoms with van der Waals surface area (Å²) in [6.07, 6.45) is 0. The summed E-state index contributed by atoms with van der Waals surface area (Å²) in [5, 5.41) is 5.54. The number of anilines is 1. The molecule has 0 radical (unpaired) electrons. The zero-order chi connectivity index (χ0) is 20.0. The lowest BCUT2D eigenvalue weighted by Crippen LogP contribution is -2.41. The number of ether oxygens (including phenoxy) is 2. The fraction of sp³-hybridized carbons (Fsp3) is 0.222. The molecule has 2 aromatic carbocycles. The monoisotopic (exact) mass is 398 g/mol. The quantitative estimate of drug-likeness (QED) is 0.745. The van der Waals surface area contributed by atoms with Crippen LogP contribution in [0.4, 0.5) is 14.5 Å². The van der Waals surface area contributed by atoms with E-state index in [9.17, 15) is 18.4 Å². The molecule has 1 atom stereocenters. The summed E-state index contributed by atoms with van der Waals surface area (Å²) in [6, 6.07) is 9.34. The van der Waals surface area contributed by atoms with E-state index in [1.165, 1.54) is 44.4 Å². The van der Waals surface area contributed by atoms with Crippen LogP contribution >= 0.6 is 11.6 Å². The molecule has 0 heterocycles. The summed E-state index contributed by atoms with van der Waals surface area (Å²) in [5.74, 6) is -1.11. The van der Waals surface area contributed by atoms with Crippen molar-refractivity contribution in [2.24, 2.45) is 0 Å². The van der Waals surface area contributed by atoms with Crippen molar-refractivity contribution >= 4 is 29.1 Å². The molecule has 9 heteroatoms. The first-order valence-corrected chi connectivity index (χ1v) is 8.18. The molecule has 27 heavy (non-hydrogen) atoms. The summed E-state index contributed by atoms with van der Waals surface area (Å²) < 4.78 is 34.2. The van der Waals surface area contributed by atoms with Gasteiger partial charge in [0.15, 0.2) is 11.5 Å². The highest BCUT2D eigenvalue weighted by Gasteiger charge is 2.18. The highest BCUT2D eigenvalue weighted by molar-refractivity contribution is 6.30. The molecule has 2 N–H and O–H groups in total. The molecule has 2 amide bonds. The third-order valence-corrected chi connectivity index (χ3v) is 3.75. The van der Waals surface area contributed by atoms with E-state index >= 15 is 0 Å². The van der Waals surface area contributed by atoms with Crippen LogP contribution in [0.1, 0.15) is 17.3 Å². The van der Waals surface area contributed by atoms with Gasteiger partial charge in [0.25, 0.3) is 5.91 Å². The first kappa shape index (κ1) is 20.4. The molecule has 1 unspecified atom stereocenters. The Morgan fingerprint density at radius 1 is 1.07 bits per heavy atom. The van der Waals surface area contributed by atoms with Gasteiger partial charge in [-0.05, 0) is 43.3 Å². The predicted octanol–water partition coefficient (Wildman–Crippen LogP) is 3.71. The van der Waals surface area contributed by atoms with E-state index in [1.54, 1.807) is 12.1 Å². The second kappa shape index (κ2) is 9.18. The Labute approximate surface area is 159 Å². The topological polar surface area (TPSA) is 76.7 Å². The second-order valence-corrected chi connectivity index (χ2v) is 5.87. The third-order valence-electron chi connectivity index (χ3n) is 3.49. The summed E-state index contributed by atoms with van der Waals surface area (Å²) in [4.78, 5) is 24.4. The molecule has 0 fully saturated rings. The van der Waals surface area contributed by atoms with E-state index in [0.717, 1.165) is 0 Å². The van der Waals surface area contributed by atoms with Crippen molar-refractivity contribution in [1.82, 2.24) is 5.32 Å². The van der Waals surface area contributed by atoms with Crippen molar-refractivity contribution in [3.63, 3.8) is 0 Å². The van der Waals surface area contributed by atoms with Gasteiger partial charge in [-0.3, -0.25) is 9.59 Å². The molecule has 0 aliphatic rings. The van der Waals surface area contributed by atoms with Gasteiger partial charge >= 0.3 is 6.61 Å². The Kier molecular flexibility index (Phi) is 6.95.